The fourth-order valence-electron chi connectivity index (χ4n) is 3.95. The number of benzene rings is 2. The van der Waals surface area contributed by atoms with E-state index in [2.05, 4.69) is 10.3 Å². The van der Waals surface area contributed by atoms with Gasteiger partial charge in [-0.2, -0.15) is 0 Å². The van der Waals surface area contributed by atoms with Gasteiger partial charge in [0.1, 0.15) is 12.4 Å². The molecule has 0 aromatic heterocycles. The van der Waals surface area contributed by atoms with Crippen LogP contribution in [-0.4, -0.2) is 49.4 Å². The molecule has 2 aliphatic rings. The van der Waals surface area contributed by atoms with Gasteiger partial charge in [-0.05, 0) is 30.0 Å². The minimum atomic E-state index is -0.468. The molecule has 9 heteroatoms. The Morgan fingerprint density at radius 3 is 2.63 bits per heavy atom. The second-order valence-electron chi connectivity index (χ2n) is 7.89. The van der Waals surface area contributed by atoms with Crippen LogP contribution in [0, 0.1) is 0 Å². The number of aliphatic imine (C=N–C) groups is 1. The second-order valence-corrected chi connectivity index (χ2v) is 8.73. The van der Waals surface area contributed by atoms with Crippen LogP contribution in [0.25, 0.3) is 0 Å². The summed E-state index contributed by atoms with van der Waals surface area (Å²) in [4.78, 5) is 32.7. The summed E-state index contributed by atoms with van der Waals surface area (Å²) in [5.74, 6) is 0.0206. The SMILES string of the molecule is COCCOC(=O)C1=C(C)N=C2SC=C(CC(=O)Nc3cccc(OC)c3)N2[C@H]1c1ccccc1. The van der Waals surface area contributed by atoms with Gasteiger partial charge in [-0.25, -0.2) is 9.79 Å². The lowest BCUT2D eigenvalue weighted by Gasteiger charge is -2.36. The molecule has 8 nitrogen and oxygen atoms in total. The van der Waals surface area contributed by atoms with Crippen LogP contribution in [0.1, 0.15) is 24.9 Å². The van der Waals surface area contributed by atoms with E-state index in [0.717, 1.165) is 11.3 Å². The lowest BCUT2D eigenvalue weighted by molar-refractivity contribution is -0.141. The highest BCUT2D eigenvalue weighted by Crippen LogP contribution is 2.44. The zero-order valence-corrected chi connectivity index (χ0v) is 20.6. The predicted molar refractivity (Wildman–Crippen MR) is 136 cm³/mol. The Morgan fingerprint density at radius 1 is 1.09 bits per heavy atom. The van der Waals surface area contributed by atoms with E-state index >= 15 is 0 Å². The van der Waals surface area contributed by atoms with E-state index in [0.29, 0.717) is 34.5 Å². The third-order valence-corrected chi connectivity index (χ3v) is 6.44. The number of rotatable bonds is 9. The Labute approximate surface area is 208 Å². The van der Waals surface area contributed by atoms with Crippen molar-refractivity contribution in [1.82, 2.24) is 4.90 Å². The number of ether oxygens (including phenoxy) is 3. The Balaban J connectivity index is 1.60. The van der Waals surface area contributed by atoms with E-state index in [-0.39, 0.29) is 18.9 Å². The van der Waals surface area contributed by atoms with Gasteiger partial charge in [-0.1, -0.05) is 48.2 Å². The first-order chi connectivity index (χ1) is 17.0. The van der Waals surface area contributed by atoms with Crippen molar-refractivity contribution in [3.05, 3.63) is 82.5 Å². The predicted octanol–water partition coefficient (Wildman–Crippen LogP) is 4.49. The number of nitrogens with zero attached hydrogens (tertiary/aromatic N) is 2. The van der Waals surface area contributed by atoms with Crippen LogP contribution in [0.3, 0.4) is 0 Å². The van der Waals surface area contributed by atoms with Crippen molar-refractivity contribution in [2.75, 3.05) is 32.8 Å². The number of methoxy groups -OCH3 is 2. The number of anilines is 1. The average molecular weight is 494 g/mol. The van der Waals surface area contributed by atoms with Crippen LogP contribution >= 0.6 is 11.8 Å². The number of carbonyl (C=O) groups is 2. The van der Waals surface area contributed by atoms with Crippen molar-refractivity contribution in [1.29, 1.82) is 0 Å². The number of esters is 1. The number of amidine groups is 1. The van der Waals surface area contributed by atoms with Crippen LogP contribution in [0.4, 0.5) is 5.69 Å². The van der Waals surface area contributed by atoms with E-state index in [1.54, 1.807) is 33.3 Å². The summed E-state index contributed by atoms with van der Waals surface area (Å²) in [5.41, 5.74) is 3.33. The number of hydrogen-bond donors (Lipinski definition) is 1. The first-order valence-electron chi connectivity index (χ1n) is 11.1. The molecule has 0 radical (unpaired) electrons. The fourth-order valence-corrected chi connectivity index (χ4v) is 4.91. The molecule has 0 saturated carbocycles. The number of allylic oxidation sites excluding steroid dienone is 1. The van der Waals surface area contributed by atoms with E-state index in [1.165, 1.54) is 11.8 Å². The van der Waals surface area contributed by atoms with Crippen molar-refractivity contribution in [3.63, 3.8) is 0 Å². The molecule has 4 rings (SSSR count). The molecule has 2 aromatic rings. The zero-order chi connectivity index (χ0) is 24.8. The average Bonchev–Trinajstić information content (AvgIpc) is 3.25. The minimum Gasteiger partial charge on any atom is -0.497 e. The lowest BCUT2D eigenvalue weighted by Crippen LogP contribution is -2.37. The van der Waals surface area contributed by atoms with E-state index in [1.807, 2.05) is 52.8 Å². The van der Waals surface area contributed by atoms with Crippen LogP contribution < -0.4 is 10.1 Å². The molecule has 0 bridgehead atoms. The minimum absolute atomic E-state index is 0.109. The topological polar surface area (TPSA) is 89.5 Å². The van der Waals surface area contributed by atoms with Crippen LogP contribution in [0.2, 0.25) is 0 Å². The maximum atomic E-state index is 13.1. The molecule has 2 aromatic carbocycles. The largest absolute Gasteiger partial charge is 0.497 e. The maximum absolute atomic E-state index is 13.1. The van der Waals surface area contributed by atoms with Crippen molar-refractivity contribution in [2.24, 2.45) is 4.99 Å². The summed E-state index contributed by atoms with van der Waals surface area (Å²) in [6.07, 6.45) is 0.109. The molecular formula is C26H27N3O5S. The summed E-state index contributed by atoms with van der Waals surface area (Å²) in [5, 5.41) is 5.54. The second kappa shape index (κ2) is 11.2. The normalized spacial score (nSPS) is 16.9. The molecule has 0 saturated heterocycles. The Hall–Kier alpha value is -3.56. The van der Waals surface area contributed by atoms with E-state index in [4.69, 9.17) is 14.2 Å². The van der Waals surface area contributed by atoms with Gasteiger partial charge in [0.15, 0.2) is 5.17 Å². The highest BCUT2D eigenvalue weighted by molar-refractivity contribution is 8.16. The molecule has 1 N–H and O–H groups in total. The smallest absolute Gasteiger partial charge is 0.338 e. The number of nitrogens with one attached hydrogen (secondary N) is 1. The van der Waals surface area contributed by atoms with Gasteiger partial charge in [-0.3, -0.25) is 4.79 Å². The van der Waals surface area contributed by atoms with Gasteiger partial charge in [0.2, 0.25) is 5.91 Å². The lowest BCUT2D eigenvalue weighted by atomic mass is 9.94. The van der Waals surface area contributed by atoms with E-state index in [9.17, 15) is 9.59 Å². The summed E-state index contributed by atoms with van der Waals surface area (Å²) in [6, 6.07) is 16.4. The van der Waals surface area contributed by atoms with Gasteiger partial charge < -0.3 is 24.4 Å². The van der Waals surface area contributed by atoms with E-state index < -0.39 is 12.0 Å². The fraction of sp³-hybridized carbons (Fsp3) is 0.269. The monoisotopic (exact) mass is 493 g/mol. The van der Waals surface area contributed by atoms with Crippen LogP contribution in [0.15, 0.2) is 82.0 Å². The number of amides is 1. The zero-order valence-electron chi connectivity index (χ0n) is 19.8. The molecule has 0 aliphatic carbocycles. The molecule has 1 amide bonds. The van der Waals surface area contributed by atoms with Crippen molar-refractivity contribution in [2.45, 2.75) is 19.4 Å². The summed E-state index contributed by atoms with van der Waals surface area (Å²) < 4.78 is 15.7. The number of carbonyl (C=O) groups excluding carboxylic acids is 2. The standard InChI is InChI=1S/C26H27N3O5S/c1-17-23(25(31)34-13-12-32-2)24(18-8-5-4-6-9-18)29-20(16-35-26(29)27-17)15-22(30)28-19-10-7-11-21(14-19)33-3/h4-11,14,16,24H,12-13,15H2,1-3H3,(H,28,30)/t24-/m0/s1. The molecule has 0 spiro atoms. The highest BCUT2D eigenvalue weighted by Gasteiger charge is 2.41. The molecule has 2 heterocycles. The number of fused-ring (bicyclic) bond motifs is 1. The van der Waals surface area contributed by atoms with Crippen molar-refractivity contribution >= 4 is 34.5 Å². The Morgan fingerprint density at radius 2 is 1.89 bits per heavy atom. The van der Waals surface area contributed by atoms with Crippen LogP contribution in [-0.2, 0) is 19.1 Å². The summed E-state index contributed by atoms with van der Waals surface area (Å²) in [7, 11) is 3.13. The van der Waals surface area contributed by atoms with Gasteiger partial charge in [0, 0.05) is 24.6 Å². The maximum Gasteiger partial charge on any atom is 0.338 e. The first-order valence-corrected chi connectivity index (χ1v) is 12.0. The molecule has 0 unspecified atom stereocenters. The quantitative estimate of drug-likeness (QED) is 0.407. The van der Waals surface area contributed by atoms with Crippen molar-refractivity contribution < 1.29 is 23.8 Å². The van der Waals surface area contributed by atoms with Gasteiger partial charge in [0.05, 0.1) is 37.4 Å². The molecule has 35 heavy (non-hydrogen) atoms. The summed E-state index contributed by atoms with van der Waals surface area (Å²) in [6.45, 7) is 2.25. The molecule has 182 valence electrons. The molecule has 0 fully saturated rings. The third-order valence-electron chi connectivity index (χ3n) is 5.55. The Bertz CT molecular complexity index is 1190. The molecule has 2 aliphatic heterocycles. The van der Waals surface area contributed by atoms with Gasteiger partial charge in [0.25, 0.3) is 0 Å². The highest BCUT2D eigenvalue weighted by atomic mass is 32.2. The summed E-state index contributed by atoms with van der Waals surface area (Å²) >= 11 is 1.43. The Kier molecular flexibility index (Phi) is 7.89. The number of hydrogen-bond acceptors (Lipinski definition) is 8. The number of thioether (sulfide) groups is 1. The molecular weight excluding hydrogens is 466 g/mol. The first kappa shape index (κ1) is 24.6. The van der Waals surface area contributed by atoms with Crippen molar-refractivity contribution in [3.8, 4) is 5.75 Å². The van der Waals surface area contributed by atoms with Gasteiger partial charge >= 0.3 is 5.97 Å². The van der Waals surface area contributed by atoms with Crippen LogP contribution in [0.5, 0.6) is 5.75 Å². The van der Waals surface area contributed by atoms with Gasteiger partial charge in [-0.15, -0.1) is 0 Å². The third kappa shape index (κ3) is 5.58. The molecule has 1 atom stereocenters.